The highest BCUT2D eigenvalue weighted by Crippen LogP contribution is 2.16. The molecule has 1 amide bonds. The summed E-state index contributed by atoms with van der Waals surface area (Å²) in [4.78, 5) is 19.0. The Morgan fingerprint density at radius 2 is 2.35 bits per heavy atom. The fourth-order valence-electron chi connectivity index (χ4n) is 2.65. The maximum absolute atomic E-state index is 12.0. The number of carbonyl (C=O) groups is 1. The van der Waals surface area contributed by atoms with E-state index in [4.69, 9.17) is 0 Å². The zero-order chi connectivity index (χ0) is 16.6. The molecule has 1 N–H and O–H groups in total. The molecule has 0 aliphatic carbocycles. The third-order valence-electron chi connectivity index (χ3n) is 3.89. The highest BCUT2D eigenvalue weighted by atomic mass is 32.2. The number of amides is 1. The monoisotopic (exact) mass is 357 g/mol. The van der Waals surface area contributed by atoms with Crippen LogP contribution >= 0.6 is 11.3 Å². The van der Waals surface area contributed by atoms with Crippen molar-refractivity contribution < 1.29 is 13.2 Å². The average molecular weight is 357 g/mol. The van der Waals surface area contributed by atoms with Gasteiger partial charge in [-0.05, 0) is 20.4 Å². The summed E-state index contributed by atoms with van der Waals surface area (Å²) in [6.45, 7) is 2.43. The van der Waals surface area contributed by atoms with Crippen LogP contribution in [0.2, 0.25) is 0 Å². The highest BCUT2D eigenvalue weighted by molar-refractivity contribution is 7.91. The van der Waals surface area contributed by atoms with Crippen LogP contribution in [0.5, 0.6) is 0 Å². The molecule has 0 aromatic carbocycles. The number of carbonyl (C=O) groups excluding carboxylic acids is 1. The lowest BCUT2D eigenvalue weighted by molar-refractivity contribution is -0.122. The summed E-state index contributed by atoms with van der Waals surface area (Å²) in [5.41, 5.74) is 0.753. The molecule has 3 heterocycles. The number of likely N-dealkylation sites (N-methyl/N-ethyl adjacent to an activating group) is 1. The van der Waals surface area contributed by atoms with Crippen LogP contribution in [0.3, 0.4) is 0 Å². The van der Waals surface area contributed by atoms with E-state index in [9.17, 15) is 13.2 Å². The van der Waals surface area contributed by atoms with Gasteiger partial charge >= 0.3 is 0 Å². The van der Waals surface area contributed by atoms with E-state index in [0.717, 1.165) is 15.7 Å². The minimum Gasteiger partial charge on any atom is -0.349 e. The van der Waals surface area contributed by atoms with Gasteiger partial charge in [0.15, 0.2) is 9.84 Å². The number of imidazole rings is 1. The van der Waals surface area contributed by atoms with Crippen molar-refractivity contribution in [2.75, 3.05) is 25.1 Å². The van der Waals surface area contributed by atoms with E-state index in [1.54, 1.807) is 22.7 Å². The number of rotatable bonds is 5. The molecule has 10 heteroatoms. The van der Waals surface area contributed by atoms with Gasteiger partial charge in [0.1, 0.15) is 5.01 Å². The number of sulfone groups is 1. The van der Waals surface area contributed by atoms with Crippen LogP contribution in [0.4, 0.5) is 0 Å². The van der Waals surface area contributed by atoms with Crippen molar-refractivity contribution in [3.63, 3.8) is 0 Å². The Balaban J connectivity index is 1.50. The maximum atomic E-state index is 12.0. The Kier molecular flexibility index (Phi) is 4.39. The number of nitrogens with one attached hydrogen (secondary N) is 1. The van der Waals surface area contributed by atoms with Crippen molar-refractivity contribution in [2.45, 2.75) is 25.9 Å². The van der Waals surface area contributed by atoms with E-state index < -0.39 is 9.84 Å². The van der Waals surface area contributed by atoms with Gasteiger partial charge in [-0.2, -0.15) is 5.10 Å². The fourth-order valence-corrected chi connectivity index (χ4v) is 5.20. The van der Waals surface area contributed by atoms with Gasteiger partial charge in [-0.3, -0.25) is 9.69 Å². The van der Waals surface area contributed by atoms with E-state index in [2.05, 4.69) is 15.4 Å². The zero-order valence-electron chi connectivity index (χ0n) is 13.0. The number of nitrogens with zero attached hydrogens (tertiary/aromatic N) is 4. The standard InChI is InChI=1S/C13H19N5O3S2/c1-9-16-18-6-10(15-13(18)22-9)5-14-12(19)7-17(2)11-3-4-23(20,21)8-11/h6,11H,3-5,7-8H2,1-2H3,(H,14,19). The number of aryl methyl sites for hydroxylation is 1. The Hall–Kier alpha value is -1.52. The van der Waals surface area contributed by atoms with Crippen LogP contribution in [0.25, 0.3) is 4.96 Å². The first-order chi connectivity index (χ1) is 10.8. The molecule has 0 radical (unpaired) electrons. The molecule has 1 aliphatic heterocycles. The van der Waals surface area contributed by atoms with Gasteiger partial charge in [-0.1, -0.05) is 11.3 Å². The molecule has 23 heavy (non-hydrogen) atoms. The summed E-state index contributed by atoms with van der Waals surface area (Å²) in [5.74, 6) is 0.206. The first-order valence-electron chi connectivity index (χ1n) is 7.31. The lowest BCUT2D eigenvalue weighted by Gasteiger charge is -2.22. The van der Waals surface area contributed by atoms with Gasteiger partial charge in [0.25, 0.3) is 0 Å². The van der Waals surface area contributed by atoms with Crippen LogP contribution in [-0.2, 0) is 21.2 Å². The Morgan fingerprint density at radius 3 is 3.00 bits per heavy atom. The topological polar surface area (TPSA) is 96.7 Å². The number of hydrogen-bond donors (Lipinski definition) is 1. The first-order valence-corrected chi connectivity index (χ1v) is 9.95. The maximum Gasteiger partial charge on any atom is 0.234 e. The van der Waals surface area contributed by atoms with Crippen molar-refractivity contribution in [1.29, 1.82) is 0 Å². The minimum atomic E-state index is -2.94. The van der Waals surface area contributed by atoms with Gasteiger partial charge in [0, 0.05) is 6.04 Å². The molecule has 0 bridgehead atoms. The number of fused-ring (bicyclic) bond motifs is 1. The SMILES string of the molecule is Cc1nn2cc(CNC(=O)CN(C)C3CCS(=O)(=O)C3)nc2s1. The first kappa shape index (κ1) is 16.3. The van der Waals surface area contributed by atoms with Gasteiger partial charge in [0.2, 0.25) is 10.9 Å². The number of hydrogen-bond acceptors (Lipinski definition) is 7. The third-order valence-corrected chi connectivity index (χ3v) is 6.47. The van der Waals surface area contributed by atoms with Gasteiger partial charge < -0.3 is 5.32 Å². The summed E-state index contributed by atoms with van der Waals surface area (Å²) >= 11 is 1.50. The van der Waals surface area contributed by atoms with Crippen molar-refractivity contribution in [1.82, 2.24) is 24.8 Å². The molecule has 1 saturated heterocycles. The normalized spacial score (nSPS) is 20.4. The molecule has 1 atom stereocenters. The van der Waals surface area contributed by atoms with Gasteiger partial charge in [0.05, 0.1) is 36.5 Å². The average Bonchev–Trinajstić information content (AvgIpc) is 3.08. The van der Waals surface area contributed by atoms with Crippen LogP contribution in [-0.4, -0.2) is 65.0 Å². The zero-order valence-corrected chi connectivity index (χ0v) is 14.7. The summed E-state index contributed by atoms with van der Waals surface area (Å²) < 4.78 is 24.7. The largest absolute Gasteiger partial charge is 0.349 e. The summed E-state index contributed by atoms with van der Waals surface area (Å²) in [6, 6.07) is -0.0733. The molecule has 1 unspecified atom stereocenters. The molecule has 2 aromatic rings. The summed E-state index contributed by atoms with van der Waals surface area (Å²) in [5, 5.41) is 8.02. The molecule has 2 aromatic heterocycles. The molecule has 1 aliphatic rings. The quantitative estimate of drug-likeness (QED) is 0.798. The molecule has 3 rings (SSSR count). The lowest BCUT2D eigenvalue weighted by Crippen LogP contribution is -2.41. The van der Waals surface area contributed by atoms with Gasteiger partial charge in [-0.15, -0.1) is 0 Å². The molecule has 0 spiro atoms. The summed E-state index contributed by atoms with van der Waals surface area (Å²) in [7, 11) is -1.15. The lowest BCUT2D eigenvalue weighted by atomic mass is 10.2. The van der Waals surface area contributed by atoms with Crippen LogP contribution in [0.1, 0.15) is 17.1 Å². The van der Waals surface area contributed by atoms with Crippen molar-refractivity contribution in [3.8, 4) is 0 Å². The highest BCUT2D eigenvalue weighted by Gasteiger charge is 2.31. The molecule has 126 valence electrons. The van der Waals surface area contributed by atoms with Gasteiger partial charge in [-0.25, -0.2) is 17.9 Å². The number of aromatic nitrogens is 3. The van der Waals surface area contributed by atoms with E-state index in [1.165, 1.54) is 11.3 Å². The molecular formula is C13H19N5O3S2. The second-order valence-electron chi connectivity index (χ2n) is 5.83. The second kappa shape index (κ2) is 6.17. The predicted octanol–water partition coefficient (Wildman–Crippen LogP) is -0.166. The third kappa shape index (κ3) is 3.88. The van der Waals surface area contributed by atoms with Crippen LogP contribution in [0, 0.1) is 6.92 Å². The van der Waals surface area contributed by atoms with Crippen LogP contribution < -0.4 is 5.32 Å². The predicted molar refractivity (Wildman–Crippen MR) is 87.1 cm³/mol. The van der Waals surface area contributed by atoms with Crippen molar-refractivity contribution in [2.24, 2.45) is 0 Å². The van der Waals surface area contributed by atoms with E-state index in [1.807, 2.05) is 6.92 Å². The molecule has 8 nitrogen and oxygen atoms in total. The van der Waals surface area contributed by atoms with Crippen molar-refractivity contribution in [3.05, 3.63) is 16.9 Å². The molecule has 1 fully saturated rings. The van der Waals surface area contributed by atoms with Crippen LogP contribution in [0.15, 0.2) is 6.20 Å². The Bertz CT molecular complexity index is 794. The fraction of sp³-hybridized carbons (Fsp3) is 0.615. The molecular weight excluding hydrogens is 338 g/mol. The second-order valence-corrected chi connectivity index (χ2v) is 9.22. The minimum absolute atomic E-state index is 0.0733. The smallest absolute Gasteiger partial charge is 0.234 e. The van der Waals surface area contributed by atoms with E-state index in [-0.39, 0.29) is 30.0 Å². The van der Waals surface area contributed by atoms with E-state index >= 15 is 0 Å². The molecule has 0 saturated carbocycles. The van der Waals surface area contributed by atoms with E-state index in [0.29, 0.717) is 13.0 Å². The van der Waals surface area contributed by atoms with Crippen molar-refractivity contribution >= 4 is 32.0 Å². The Labute approximate surface area is 138 Å². The Morgan fingerprint density at radius 1 is 1.57 bits per heavy atom. The summed E-state index contributed by atoms with van der Waals surface area (Å²) in [6.07, 6.45) is 2.39.